The van der Waals surface area contributed by atoms with Gasteiger partial charge in [-0.3, -0.25) is 4.79 Å². The van der Waals surface area contributed by atoms with E-state index in [1.165, 1.54) is 10.4 Å². The van der Waals surface area contributed by atoms with Crippen LogP contribution in [0.15, 0.2) is 6.33 Å². The second kappa shape index (κ2) is 4.89. The Balaban J connectivity index is 1.64. The highest BCUT2D eigenvalue weighted by atomic mass is 32.1. The summed E-state index contributed by atoms with van der Waals surface area (Å²) in [6, 6.07) is 0. The van der Waals surface area contributed by atoms with Crippen molar-refractivity contribution in [2.75, 3.05) is 31.1 Å². The van der Waals surface area contributed by atoms with E-state index in [0.29, 0.717) is 13.0 Å². The number of nitrogens with zero attached hydrogens (tertiary/aromatic N) is 3. The molecule has 4 heterocycles. The number of hydrogen-bond donors (Lipinski definition) is 2. The summed E-state index contributed by atoms with van der Waals surface area (Å²) in [5.74, 6) is 1.14. The summed E-state index contributed by atoms with van der Waals surface area (Å²) < 4.78 is 0. The molecule has 2 saturated heterocycles. The van der Waals surface area contributed by atoms with Crippen molar-refractivity contribution in [1.82, 2.24) is 20.6 Å². The highest BCUT2D eigenvalue weighted by Gasteiger charge is 2.46. The lowest BCUT2D eigenvalue weighted by Crippen LogP contribution is -2.70. The first-order chi connectivity index (χ1) is 10.6. The molecule has 1 amide bonds. The van der Waals surface area contributed by atoms with Gasteiger partial charge in [0.05, 0.1) is 10.9 Å². The van der Waals surface area contributed by atoms with Crippen LogP contribution in [0.2, 0.25) is 0 Å². The SMILES string of the molecule is Cc1sc2ncnc(N3CC4(CC(=O)NCCN4)C3)c2c1C. The van der Waals surface area contributed by atoms with Crippen molar-refractivity contribution >= 4 is 33.3 Å². The number of nitrogens with one attached hydrogen (secondary N) is 2. The second-order valence-electron chi connectivity index (χ2n) is 6.25. The zero-order chi connectivity index (χ0) is 15.3. The van der Waals surface area contributed by atoms with Gasteiger partial charge in [-0.1, -0.05) is 0 Å². The van der Waals surface area contributed by atoms with Crippen LogP contribution in [-0.2, 0) is 4.79 Å². The number of rotatable bonds is 1. The largest absolute Gasteiger partial charge is 0.355 e. The Morgan fingerprint density at radius 3 is 2.91 bits per heavy atom. The fraction of sp³-hybridized carbons (Fsp3) is 0.533. The van der Waals surface area contributed by atoms with Gasteiger partial charge in [-0.2, -0.15) is 0 Å². The van der Waals surface area contributed by atoms with Gasteiger partial charge in [0, 0.05) is 37.5 Å². The van der Waals surface area contributed by atoms with Crippen molar-refractivity contribution in [3.05, 3.63) is 16.8 Å². The Morgan fingerprint density at radius 1 is 1.27 bits per heavy atom. The van der Waals surface area contributed by atoms with Crippen LogP contribution in [0.3, 0.4) is 0 Å². The van der Waals surface area contributed by atoms with Crippen molar-refractivity contribution < 1.29 is 4.79 Å². The third kappa shape index (κ3) is 2.07. The third-order valence-corrected chi connectivity index (χ3v) is 5.79. The molecule has 116 valence electrons. The van der Waals surface area contributed by atoms with Crippen molar-refractivity contribution in [3.8, 4) is 0 Å². The molecule has 2 fully saturated rings. The predicted molar refractivity (Wildman–Crippen MR) is 87.5 cm³/mol. The molecule has 1 spiro atoms. The lowest BCUT2D eigenvalue weighted by atomic mass is 9.86. The number of aryl methyl sites for hydroxylation is 2. The Bertz CT molecular complexity index is 750. The van der Waals surface area contributed by atoms with Crippen LogP contribution < -0.4 is 15.5 Å². The average Bonchev–Trinajstić information content (AvgIpc) is 2.64. The number of amides is 1. The number of carbonyl (C=O) groups is 1. The van der Waals surface area contributed by atoms with Crippen LogP contribution in [0.5, 0.6) is 0 Å². The summed E-state index contributed by atoms with van der Waals surface area (Å²) in [7, 11) is 0. The molecule has 22 heavy (non-hydrogen) atoms. The molecule has 0 unspecified atom stereocenters. The number of aromatic nitrogens is 2. The van der Waals surface area contributed by atoms with E-state index in [4.69, 9.17) is 0 Å². The van der Waals surface area contributed by atoms with E-state index in [2.05, 4.69) is 39.3 Å². The van der Waals surface area contributed by atoms with Crippen molar-refractivity contribution in [2.45, 2.75) is 25.8 Å². The Labute approximate surface area is 132 Å². The Kier molecular flexibility index (Phi) is 3.09. The van der Waals surface area contributed by atoms with Crippen LogP contribution in [-0.4, -0.2) is 47.6 Å². The van der Waals surface area contributed by atoms with Gasteiger partial charge in [-0.25, -0.2) is 9.97 Å². The van der Waals surface area contributed by atoms with Gasteiger partial charge in [0.25, 0.3) is 0 Å². The maximum Gasteiger partial charge on any atom is 0.222 e. The summed E-state index contributed by atoms with van der Waals surface area (Å²) in [6.45, 7) is 7.44. The molecule has 0 aliphatic carbocycles. The van der Waals surface area contributed by atoms with E-state index in [1.54, 1.807) is 17.7 Å². The summed E-state index contributed by atoms with van der Waals surface area (Å²) in [5.41, 5.74) is 1.17. The van der Waals surface area contributed by atoms with Gasteiger partial charge in [0.1, 0.15) is 17.0 Å². The summed E-state index contributed by atoms with van der Waals surface area (Å²) in [6.07, 6.45) is 2.19. The molecule has 6 nitrogen and oxygen atoms in total. The average molecular weight is 317 g/mol. The van der Waals surface area contributed by atoms with Crippen molar-refractivity contribution in [3.63, 3.8) is 0 Å². The quantitative estimate of drug-likeness (QED) is 0.820. The molecule has 2 aliphatic rings. The number of thiophene rings is 1. The third-order valence-electron chi connectivity index (χ3n) is 4.68. The minimum atomic E-state index is -0.100. The monoisotopic (exact) mass is 317 g/mol. The maximum atomic E-state index is 11.8. The molecule has 0 saturated carbocycles. The summed E-state index contributed by atoms with van der Waals surface area (Å²) in [5, 5.41) is 7.61. The summed E-state index contributed by atoms with van der Waals surface area (Å²) >= 11 is 1.72. The van der Waals surface area contributed by atoms with Gasteiger partial charge in [-0.15, -0.1) is 11.3 Å². The fourth-order valence-corrected chi connectivity index (χ4v) is 4.41. The number of hydrogen-bond acceptors (Lipinski definition) is 6. The minimum absolute atomic E-state index is 0.100. The fourth-order valence-electron chi connectivity index (χ4n) is 3.42. The van der Waals surface area contributed by atoms with E-state index in [1.807, 2.05) is 0 Å². The zero-order valence-electron chi connectivity index (χ0n) is 12.8. The predicted octanol–water partition coefficient (Wildman–Crippen LogP) is 0.976. The highest BCUT2D eigenvalue weighted by molar-refractivity contribution is 7.18. The number of fused-ring (bicyclic) bond motifs is 1. The van der Waals surface area contributed by atoms with Crippen LogP contribution in [0.1, 0.15) is 16.9 Å². The zero-order valence-corrected chi connectivity index (χ0v) is 13.6. The molecule has 0 atom stereocenters. The molecule has 2 aromatic heterocycles. The van der Waals surface area contributed by atoms with E-state index < -0.39 is 0 Å². The molecule has 0 bridgehead atoms. The van der Waals surface area contributed by atoms with E-state index in [-0.39, 0.29) is 11.4 Å². The van der Waals surface area contributed by atoms with Gasteiger partial charge < -0.3 is 15.5 Å². The van der Waals surface area contributed by atoms with Gasteiger partial charge in [-0.05, 0) is 19.4 Å². The molecule has 2 aromatic rings. The molecule has 2 N–H and O–H groups in total. The van der Waals surface area contributed by atoms with E-state index in [0.717, 1.165) is 35.7 Å². The first kappa shape index (κ1) is 13.9. The smallest absolute Gasteiger partial charge is 0.222 e. The standard InChI is InChI=1S/C15H19N5OS/c1-9-10(2)22-14-12(9)13(17-8-18-14)20-6-15(7-20)5-11(21)16-3-4-19-15/h8,19H,3-7H2,1-2H3,(H,16,21). The lowest BCUT2D eigenvalue weighted by Gasteiger charge is -2.50. The minimum Gasteiger partial charge on any atom is -0.355 e. The second-order valence-corrected chi connectivity index (χ2v) is 7.45. The number of carbonyl (C=O) groups excluding carboxylic acids is 1. The first-order valence-corrected chi connectivity index (χ1v) is 8.37. The van der Waals surface area contributed by atoms with Gasteiger partial charge >= 0.3 is 0 Å². The van der Waals surface area contributed by atoms with Gasteiger partial charge in [0.2, 0.25) is 5.91 Å². The maximum absolute atomic E-state index is 11.8. The first-order valence-electron chi connectivity index (χ1n) is 7.55. The van der Waals surface area contributed by atoms with Crippen molar-refractivity contribution in [1.29, 1.82) is 0 Å². The summed E-state index contributed by atoms with van der Waals surface area (Å²) in [4.78, 5) is 25.3. The van der Waals surface area contributed by atoms with E-state index in [9.17, 15) is 4.79 Å². The Morgan fingerprint density at radius 2 is 2.09 bits per heavy atom. The van der Waals surface area contributed by atoms with Crippen LogP contribution >= 0.6 is 11.3 Å². The van der Waals surface area contributed by atoms with Crippen LogP contribution in [0, 0.1) is 13.8 Å². The Hall–Kier alpha value is -1.73. The highest BCUT2D eigenvalue weighted by Crippen LogP contribution is 2.38. The van der Waals surface area contributed by atoms with E-state index >= 15 is 0 Å². The normalized spacial score (nSPS) is 20.8. The molecule has 2 aliphatic heterocycles. The van der Waals surface area contributed by atoms with Gasteiger partial charge in [0.15, 0.2) is 0 Å². The molecule has 4 rings (SSSR count). The topological polar surface area (TPSA) is 70.2 Å². The van der Waals surface area contributed by atoms with Crippen molar-refractivity contribution in [2.24, 2.45) is 0 Å². The molecule has 7 heteroatoms. The van der Waals surface area contributed by atoms with Crippen LogP contribution in [0.25, 0.3) is 10.2 Å². The van der Waals surface area contributed by atoms with Crippen LogP contribution in [0.4, 0.5) is 5.82 Å². The molecular formula is C15H19N5OS. The lowest BCUT2D eigenvalue weighted by molar-refractivity contribution is -0.122. The molecule has 0 aromatic carbocycles. The molecular weight excluding hydrogens is 298 g/mol. The molecule has 0 radical (unpaired) electrons. The number of anilines is 1.